The summed E-state index contributed by atoms with van der Waals surface area (Å²) in [5.41, 5.74) is 31.2. The number of fused-ring (bicyclic) bond motifs is 14. The fraction of sp³-hybridized carbons (Fsp3) is 0. The van der Waals surface area contributed by atoms with Crippen molar-refractivity contribution in [3.8, 4) is 136 Å². The number of hydrogen-bond donors (Lipinski definition) is 0. The molecule has 0 aliphatic rings. The number of para-hydroxylation sites is 5. The van der Waals surface area contributed by atoms with Crippen molar-refractivity contribution in [1.82, 2.24) is 67.2 Å². The highest BCUT2D eigenvalue weighted by Gasteiger charge is 2.24. The van der Waals surface area contributed by atoms with Crippen molar-refractivity contribution in [1.29, 1.82) is 0 Å². The average Bonchev–Trinajstić information content (AvgIpc) is 1.62. The zero-order chi connectivity index (χ0) is 86.7. The van der Waals surface area contributed by atoms with Gasteiger partial charge in [-0.1, -0.05) is 309 Å². The van der Waals surface area contributed by atoms with Gasteiger partial charge in [0.25, 0.3) is 0 Å². The minimum Gasteiger partial charge on any atom is -0.309 e. The van der Waals surface area contributed by atoms with Crippen LogP contribution in [0.25, 0.3) is 229 Å². The molecule has 26 rings (SSSR count). The quantitative estimate of drug-likeness (QED) is 0.110. The Kier molecular flexibility index (Phi) is 19.2. The first-order chi connectivity index (χ1) is 65.0. The Bertz CT molecular complexity index is 8780. The smallest absolute Gasteiger partial charge is 0.160 e. The summed E-state index contributed by atoms with van der Waals surface area (Å²) in [7, 11) is 0. The van der Waals surface area contributed by atoms with Gasteiger partial charge in [0.1, 0.15) is 40.2 Å². The van der Waals surface area contributed by atoms with Gasteiger partial charge in [0, 0.05) is 112 Å². The average molecular weight is 1680 g/mol. The fourth-order valence-electron chi connectivity index (χ4n) is 18.4. The van der Waals surface area contributed by atoms with Crippen LogP contribution >= 0.6 is 0 Å². The van der Waals surface area contributed by atoms with Gasteiger partial charge < -0.3 is 4.57 Å². The van der Waals surface area contributed by atoms with Crippen molar-refractivity contribution in [2.45, 2.75) is 0 Å². The summed E-state index contributed by atoms with van der Waals surface area (Å²) >= 11 is 0. The molecule has 0 saturated heterocycles. The molecule has 0 aliphatic carbocycles. The molecular formula is C117H76N14. The Morgan fingerprint density at radius 2 is 0.504 bits per heavy atom. The lowest BCUT2D eigenvalue weighted by Crippen LogP contribution is -1.97. The second-order valence-corrected chi connectivity index (χ2v) is 32.5. The minimum absolute atomic E-state index is 0.694. The monoisotopic (exact) mass is 1680 g/mol. The summed E-state index contributed by atoms with van der Waals surface area (Å²) in [6.45, 7) is 0. The number of pyridine rings is 6. The molecule has 0 amide bonds. The molecule has 14 aromatic carbocycles. The predicted molar refractivity (Wildman–Crippen MR) is 533 cm³/mol. The van der Waals surface area contributed by atoms with E-state index in [2.05, 4.69) is 368 Å². The lowest BCUT2D eigenvalue weighted by Gasteiger charge is -2.11. The molecule has 0 saturated carbocycles. The molecule has 0 radical (unpaired) electrons. The third-order valence-corrected chi connectivity index (χ3v) is 24.6. The molecule has 614 valence electrons. The molecule has 26 aromatic rings. The molecule has 0 aliphatic heterocycles. The molecule has 12 aromatic heterocycles. The number of aromatic nitrogens is 14. The normalized spacial score (nSPS) is 11.5. The fourth-order valence-corrected chi connectivity index (χ4v) is 18.4. The predicted octanol–water partition coefficient (Wildman–Crippen LogP) is 28.4. The number of hydrogen-bond acceptors (Lipinski definition) is 9. The zero-order valence-corrected chi connectivity index (χ0v) is 70.6. The van der Waals surface area contributed by atoms with Gasteiger partial charge in [-0.25, -0.2) is 44.9 Å². The van der Waals surface area contributed by atoms with Gasteiger partial charge in [-0.15, -0.1) is 0 Å². The van der Waals surface area contributed by atoms with E-state index >= 15 is 0 Å². The van der Waals surface area contributed by atoms with Crippen molar-refractivity contribution in [2.75, 3.05) is 0 Å². The van der Waals surface area contributed by atoms with E-state index in [1.54, 1.807) is 0 Å². The maximum atomic E-state index is 5.21. The summed E-state index contributed by atoms with van der Waals surface area (Å²) in [6.07, 6.45) is 5.52. The second kappa shape index (κ2) is 32.8. The molecule has 0 spiro atoms. The van der Waals surface area contributed by atoms with Gasteiger partial charge >= 0.3 is 0 Å². The first-order valence-corrected chi connectivity index (χ1v) is 43.8. The van der Waals surface area contributed by atoms with Crippen LogP contribution in [0.4, 0.5) is 0 Å². The molecule has 131 heavy (non-hydrogen) atoms. The van der Waals surface area contributed by atoms with E-state index in [1.165, 1.54) is 38.6 Å². The first kappa shape index (κ1) is 76.6. The Hall–Kier alpha value is -18.0. The van der Waals surface area contributed by atoms with Gasteiger partial charge in [0.15, 0.2) is 5.82 Å². The van der Waals surface area contributed by atoms with E-state index in [0.29, 0.717) is 5.82 Å². The molecule has 0 atom stereocenters. The molecule has 0 N–H and O–H groups in total. The van der Waals surface area contributed by atoms with E-state index in [4.69, 9.17) is 44.9 Å². The number of rotatable bonds is 13. The van der Waals surface area contributed by atoms with Crippen LogP contribution in [0.2, 0.25) is 0 Å². The molecule has 0 bridgehead atoms. The van der Waals surface area contributed by atoms with E-state index in [-0.39, 0.29) is 0 Å². The van der Waals surface area contributed by atoms with E-state index < -0.39 is 0 Å². The molecule has 14 heteroatoms. The summed E-state index contributed by atoms with van der Waals surface area (Å²) in [6, 6.07) is 154. The molecule has 14 nitrogen and oxygen atoms in total. The third kappa shape index (κ3) is 13.9. The maximum Gasteiger partial charge on any atom is 0.160 e. The largest absolute Gasteiger partial charge is 0.309 e. The van der Waals surface area contributed by atoms with Crippen molar-refractivity contribution in [3.05, 3.63) is 461 Å². The van der Waals surface area contributed by atoms with Crippen molar-refractivity contribution in [3.63, 3.8) is 0 Å². The number of benzene rings is 14. The minimum atomic E-state index is 0.694. The summed E-state index contributed by atoms with van der Waals surface area (Å²) in [4.78, 5) is 44.8. The third-order valence-electron chi connectivity index (χ3n) is 24.6. The van der Waals surface area contributed by atoms with Crippen LogP contribution in [0, 0.1) is 0 Å². The number of nitrogens with zero attached hydrogens (tertiary/aromatic N) is 14. The summed E-state index contributed by atoms with van der Waals surface area (Å²) in [5.74, 6) is 4.23. The Labute approximate surface area is 752 Å². The van der Waals surface area contributed by atoms with Gasteiger partial charge in [0.2, 0.25) is 0 Å². The Morgan fingerprint density at radius 3 is 0.977 bits per heavy atom. The maximum absolute atomic E-state index is 5.21. The highest BCUT2D eigenvalue weighted by molar-refractivity contribution is 6.11. The molecule has 0 fully saturated rings. The molecule has 12 heterocycles. The topological polar surface area (TPSA) is 139 Å². The van der Waals surface area contributed by atoms with Crippen molar-refractivity contribution in [2.24, 2.45) is 0 Å². The van der Waals surface area contributed by atoms with Gasteiger partial charge in [-0.05, 0) is 156 Å². The van der Waals surface area contributed by atoms with Gasteiger partial charge in [-0.3, -0.25) is 17.8 Å². The van der Waals surface area contributed by atoms with Crippen LogP contribution in [0.3, 0.4) is 0 Å². The van der Waals surface area contributed by atoms with Crippen LogP contribution < -0.4 is 0 Å². The second-order valence-electron chi connectivity index (χ2n) is 32.5. The molecule has 0 unspecified atom stereocenters. The van der Waals surface area contributed by atoms with E-state index in [1.807, 2.05) is 116 Å². The zero-order valence-electron chi connectivity index (χ0n) is 70.6. The van der Waals surface area contributed by atoms with Crippen LogP contribution in [-0.2, 0) is 0 Å². The van der Waals surface area contributed by atoms with Crippen LogP contribution in [0.15, 0.2) is 461 Å². The lowest BCUT2D eigenvalue weighted by atomic mass is 10.0. The van der Waals surface area contributed by atoms with Crippen LogP contribution in [0.1, 0.15) is 0 Å². The van der Waals surface area contributed by atoms with Crippen LogP contribution in [-0.4, -0.2) is 67.2 Å². The SMILES string of the molecule is c1ccc(-c2nc(-c3ccc(-c4ccc(-n5c(-c6ccccc6)nc6ccccc65)cc4)cc3)n3c2ccc2cccnc23)cc1.c1ccc(-c2nc(-c3ccc(-c4ccc5c(c4)c4ccccc4n5-c4ccccc4)cc3)n3c2ccc2cccnc23)cc1.c1ccc(-c2nc(-c3ccc(-c4nc(-c5ccccc5)c5ccc6cccnc6n45)cc3)nc3ccccc23)cc1. The van der Waals surface area contributed by atoms with Gasteiger partial charge in [-0.2, -0.15) is 0 Å². The van der Waals surface area contributed by atoms with E-state index in [9.17, 15) is 0 Å². The Balaban J connectivity index is 0.000000109. The standard InChI is InChI=1S/C41H27N5.C40H26N4.C36H23N5/c1-3-10-30(11-4-1)38-37-26-23-32-14-9-27-42-39(32)46(37)41(44-38)33-19-17-28(18-20-33)29-21-24-34(25-22-29)45-36-16-8-7-15-35(36)43-40(45)31-12-5-2-6-13-31;1-3-10-28(11-4-1)38-37-24-21-29-12-9-25-41-39(29)44(37)40(42-38)30-19-17-27(18-20-30)31-22-23-36-34(26-31)33-15-7-8-16-35(33)43(36)32-13-5-2-6-14-32;1-3-10-24(11-4-1)32-29-15-7-8-16-30(29)38-34(39-32)26-17-19-28(20-18-26)36-40-33(25-12-5-2-6-13-25)31-22-21-27-14-9-23-37-35(27)41(31)36/h1-27H;1-26H;1-23H. The lowest BCUT2D eigenvalue weighted by molar-refractivity contribution is 1.10. The Morgan fingerprint density at radius 1 is 0.168 bits per heavy atom. The first-order valence-electron chi connectivity index (χ1n) is 43.8. The highest BCUT2D eigenvalue weighted by Crippen LogP contribution is 2.42. The highest BCUT2D eigenvalue weighted by atomic mass is 15.1. The van der Waals surface area contributed by atoms with Crippen LogP contribution in [0.5, 0.6) is 0 Å². The summed E-state index contributed by atoms with van der Waals surface area (Å²) in [5, 5.41) is 6.75. The number of imidazole rings is 4. The van der Waals surface area contributed by atoms with Gasteiger partial charge in [0.05, 0.1) is 66.9 Å². The molecular weight excluding hydrogens is 1600 g/mol. The van der Waals surface area contributed by atoms with Crippen molar-refractivity contribution >= 4 is 93.4 Å². The van der Waals surface area contributed by atoms with E-state index in [0.717, 1.165) is 185 Å². The van der Waals surface area contributed by atoms with Crippen molar-refractivity contribution < 1.29 is 0 Å². The summed E-state index contributed by atoms with van der Waals surface area (Å²) < 4.78 is 11.1.